The van der Waals surface area contributed by atoms with Crippen molar-refractivity contribution in [3.63, 3.8) is 0 Å². The third-order valence-corrected chi connectivity index (χ3v) is 5.56. The molecular formula is C25H23ClN4O2. The monoisotopic (exact) mass is 446 g/mol. The Morgan fingerprint density at radius 1 is 1.06 bits per heavy atom. The number of carbonyl (C=O) groups excluding carboxylic acids is 1. The molecule has 0 saturated carbocycles. The molecule has 0 aliphatic rings. The first-order valence-electron chi connectivity index (χ1n) is 10.2. The van der Waals surface area contributed by atoms with Crippen LogP contribution in [0, 0.1) is 6.92 Å². The summed E-state index contributed by atoms with van der Waals surface area (Å²) in [7, 11) is 1.38. The van der Waals surface area contributed by atoms with Crippen LogP contribution in [0.4, 0.5) is 5.82 Å². The standard InChI is InChI=1S/C25H23ClN4O2/c1-18-6-4-13-27-24(18)29(26)17-21-7-3-8-23(30-15-5-14-28-30)22(21)16-19-9-11-20(12-10-19)25(31)32-2/h3-15H,16-17H2,1-2H3. The van der Waals surface area contributed by atoms with Crippen molar-refractivity contribution in [1.29, 1.82) is 0 Å². The highest BCUT2D eigenvalue weighted by molar-refractivity contribution is 6.25. The quantitative estimate of drug-likeness (QED) is 0.291. The van der Waals surface area contributed by atoms with Crippen LogP contribution < -0.4 is 4.42 Å². The smallest absolute Gasteiger partial charge is 0.337 e. The summed E-state index contributed by atoms with van der Waals surface area (Å²) in [6.07, 6.45) is 6.07. The lowest BCUT2D eigenvalue weighted by Crippen LogP contribution is -2.15. The largest absolute Gasteiger partial charge is 0.465 e. The van der Waals surface area contributed by atoms with Gasteiger partial charge in [0.2, 0.25) is 0 Å². The van der Waals surface area contributed by atoms with Gasteiger partial charge in [0.1, 0.15) is 5.82 Å². The molecule has 0 unspecified atom stereocenters. The summed E-state index contributed by atoms with van der Waals surface area (Å²) < 4.78 is 8.29. The maximum absolute atomic E-state index is 11.8. The number of halogens is 1. The van der Waals surface area contributed by atoms with Crippen molar-refractivity contribution in [2.24, 2.45) is 0 Å². The van der Waals surface area contributed by atoms with Crippen LogP contribution >= 0.6 is 11.8 Å². The number of nitrogens with zero attached hydrogens (tertiary/aromatic N) is 4. The molecule has 0 radical (unpaired) electrons. The van der Waals surface area contributed by atoms with Crippen LogP contribution in [0.2, 0.25) is 0 Å². The zero-order valence-electron chi connectivity index (χ0n) is 17.9. The van der Waals surface area contributed by atoms with E-state index in [1.54, 1.807) is 28.9 Å². The van der Waals surface area contributed by atoms with Gasteiger partial charge in [0.05, 0.1) is 24.9 Å². The number of hydrogen-bond acceptors (Lipinski definition) is 5. The van der Waals surface area contributed by atoms with Gasteiger partial charge in [-0.05, 0) is 65.9 Å². The highest BCUT2D eigenvalue weighted by atomic mass is 35.5. The Morgan fingerprint density at radius 2 is 1.88 bits per heavy atom. The number of anilines is 1. The van der Waals surface area contributed by atoms with Gasteiger partial charge in [0, 0.05) is 30.4 Å². The molecule has 7 heteroatoms. The van der Waals surface area contributed by atoms with Gasteiger partial charge in [-0.15, -0.1) is 0 Å². The minimum atomic E-state index is -0.349. The van der Waals surface area contributed by atoms with Crippen molar-refractivity contribution >= 4 is 23.6 Å². The van der Waals surface area contributed by atoms with Crippen molar-refractivity contribution in [3.8, 4) is 5.69 Å². The number of hydrogen-bond donors (Lipinski definition) is 0. The van der Waals surface area contributed by atoms with Crippen LogP contribution in [0.25, 0.3) is 5.69 Å². The number of esters is 1. The molecule has 0 saturated heterocycles. The molecule has 0 bridgehead atoms. The third kappa shape index (κ3) is 4.65. The molecule has 0 fully saturated rings. The molecule has 2 aromatic heterocycles. The number of aryl methyl sites for hydroxylation is 1. The molecule has 4 rings (SSSR count). The predicted octanol–water partition coefficient (Wildman–Crippen LogP) is 5.11. The molecule has 0 N–H and O–H groups in total. The Bertz CT molecular complexity index is 1210. The molecular weight excluding hydrogens is 424 g/mol. The molecule has 32 heavy (non-hydrogen) atoms. The molecule has 2 heterocycles. The van der Waals surface area contributed by atoms with Crippen molar-refractivity contribution in [2.75, 3.05) is 11.5 Å². The van der Waals surface area contributed by atoms with E-state index in [1.807, 2.05) is 60.3 Å². The fraction of sp³-hybridized carbons (Fsp3) is 0.160. The van der Waals surface area contributed by atoms with Gasteiger partial charge in [-0.1, -0.05) is 30.3 Å². The second-order valence-electron chi connectivity index (χ2n) is 7.39. The Hall–Kier alpha value is -3.64. The second-order valence-corrected chi connectivity index (χ2v) is 7.80. The molecule has 0 atom stereocenters. The predicted molar refractivity (Wildman–Crippen MR) is 125 cm³/mol. The first kappa shape index (κ1) is 21.6. The first-order valence-corrected chi connectivity index (χ1v) is 10.5. The fourth-order valence-corrected chi connectivity index (χ4v) is 3.94. The van der Waals surface area contributed by atoms with E-state index in [1.165, 1.54) is 7.11 Å². The molecule has 0 amide bonds. The van der Waals surface area contributed by atoms with E-state index in [9.17, 15) is 4.79 Å². The Labute approximate surface area is 192 Å². The van der Waals surface area contributed by atoms with Crippen molar-refractivity contribution in [1.82, 2.24) is 14.8 Å². The average molecular weight is 447 g/mol. The van der Waals surface area contributed by atoms with Gasteiger partial charge < -0.3 is 4.74 Å². The summed E-state index contributed by atoms with van der Waals surface area (Å²) in [6.45, 7) is 2.46. The molecule has 2 aromatic carbocycles. The van der Waals surface area contributed by atoms with Crippen LogP contribution in [0.1, 0.15) is 32.6 Å². The summed E-state index contributed by atoms with van der Waals surface area (Å²) in [6, 6.07) is 19.3. The number of methoxy groups -OCH3 is 1. The molecule has 0 aliphatic carbocycles. The van der Waals surface area contributed by atoms with E-state index in [0.29, 0.717) is 18.5 Å². The lowest BCUT2D eigenvalue weighted by atomic mass is 9.97. The normalized spacial score (nSPS) is 10.7. The third-order valence-electron chi connectivity index (χ3n) is 5.28. The number of aromatic nitrogens is 3. The Morgan fingerprint density at radius 3 is 2.56 bits per heavy atom. The molecule has 4 aromatic rings. The Balaban J connectivity index is 1.70. The topological polar surface area (TPSA) is 60.2 Å². The number of rotatable bonds is 7. The maximum Gasteiger partial charge on any atom is 0.337 e. The van der Waals surface area contributed by atoms with E-state index in [-0.39, 0.29) is 5.97 Å². The summed E-state index contributed by atoms with van der Waals surface area (Å²) in [5.74, 6) is 0.379. The summed E-state index contributed by atoms with van der Waals surface area (Å²) in [5.41, 5.74) is 5.73. The molecule has 0 spiro atoms. The van der Waals surface area contributed by atoms with E-state index in [2.05, 4.69) is 16.1 Å². The number of pyridine rings is 1. The second kappa shape index (κ2) is 9.66. The van der Waals surface area contributed by atoms with E-state index in [4.69, 9.17) is 16.5 Å². The van der Waals surface area contributed by atoms with Crippen molar-refractivity contribution in [2.45, 2.75) is 19.9 Å². The lowest BCUT2D eigenvalue weighted by Gasteiger charge is -2.21. The first-order chi connectivity index (χ1) is 15.6. The highest BCUT2D eigenvalue weighted by Crippen LogP contribution is 2.27. The average Bonchev–Trinajstić information content (AvgIpc) is 3.35. The van der Waals surface area contributed by atoms with E-state index < -0.39 is 0 Å². The van der Waals surface area contributed by atoms with E-state index >= 15 is 0 Å². The zero-order valence-corrected chi connectivity index (χ0v) is 18.7. The summed E-state index contributed by atoms with van der Waals surface area (Å²) >= 11 is 6.67. The molecule has 6 nitrogen and oxygen atoms in total. The lowest BCUT2D eigenvalue weighted by molar-refractivity contribution is 0.0600. The number of ether oxygens (including phenoxy) is 1. The minimum absolute atomic E-state index is 0.349. The minimum Gasteiger partial charge on any atom is -0.465 e. The summed E-state index contributed by atoms with van der Waals surface area (Å²) in [4.78, 5) is 16.2. The van der Waals surface area contributed by atoms with Crippen LogP contribution in [0.5, 0.6) is 0 Å². The number of benzene rings is 2. The molecule has 0 aliphatic heterocycles. The van der Waals surface area contributed by atoms with Crippen LogP contribution in [-0.4, -0.2) is 27.8 Å². The van der Waals surface area contributed by atoms with Crippen LogP contribution in [0.15, 0.2) is 79.3 Å². The highest BCUT2D eigenvalue weighted by Gasteiger charge is 2.16. The van der Waals surface area contributed by atoms with Crippen molar-refractivity contribution in [3.05, 3.63) is 107 Å². The fourth-order valence-electron chi connectivity index (χ4n) is 3.64. The van der Waals surface area contributed by atoms with Gasteiger partial charge in [0.15, 0.2) is 0 Å². The number of carbonyl (C=O) groups is 1. The Kier molecular flexibility index (Phi) is 6.52. The van der Waals surface area contributed by atoms with Gasteiger partial charge >= 0.3 is 5.97 Å². The van der Waals surface area contributed by atoms with Crippen LogP contribution in [-0.2, 0) is 17.7 Å². The van der Waals surface area contributed by atoms with Gasteiger partial charge in [0.25, 0.3) is 0 Å². The van der Waals surface area contributed by atoms with Crippen LogP contribution in [0.3, 0.4) is 0 Å². The van der Waals surface area contributed by atoms with Crippen molar-refractivity contribution < 1.29 is 9.53 Å². The van der Waals surface area contributed by atoms with Gasteiger partial charge in [-0.2, -0.15) is 5.10 Å². The van der Waals surface area contributed by atoms with Gasteiger partial charge in [-0.3, -0.25) is 4.42 Å². The molecule has 162 valence electrons. The van der Waals surface area contributed by atoms with E-state index in [0.717, 1.165) is 33.8 Å². The zero-order chi connectivity index (χ0) is 22.5. The van der Waals surface area contributed by atoms with Gasteiger partial charge in [-0.25, -0.2) is 14.5 Å². The maximum atomic E-state index is 11.8. The summed E-state index contributed by atoms with van der Waals surface area (Å²) in [5, 5.41) is 4.43. The SMILES string of the molecule is COC(=O)c1ccc(Cc2c(CN(Cl)c3ncccc3C)cccc2-n2cccn2)cc1.